The van der Waals surface area contributed by atoms with Crippen LogP contribution < -0.4 is 0 Å². The zero-order chi connectivity index (χ0) is 14.0. The Labute approximate surface area is 122 Å². The average Bonchev–Trinajstić information content (AvgIpc) is 2.40. The summed E-state index contributed by atoms with van der Waals surface area (Å²) in [7, 11) is 0. The van der Waals surface area contributed by atoms with Crippen LogP contribution in [-0.4, -0.2) is 41.1 Å². The van der Waals surface area contributed by atoms with Crippen LogP contribution in [0.3, 0.4) is 0 Å². The normalized spacial score (nSPS) is 23.5. The van der Waals surface area contributed by atoms with Gasteiger partial charge in [0.1, 0.15) is 10.8 Å². The SMILES string of the molecule is CCC1COC(C)CN1C(=O)c1nc(Cl)ccc1Cl. The summed E-state index contributed by atoms with van der Waals surface area (Å²) >= 11 is 11.9. The van der Waals surface area contributed by atoms with E-state index in [-0.39, 0.29) is 28.9 Å². The van der Waals surface area contributed by atoms with Crippen LogP contribution in [0, 0.1) is 0 Å². The largest absolute Gasteiger partial charge is 0.375 e. The van der Waals surface area contributed by atoms with Gasteiger partial charge in [-0.1, -0.05) is 30.1 Å². The number of pyridine rings is 1. The van der Waals surface area contributed by atoms with Crippen LogP contribution in [-0.2, 0) is 4.74 Å². The third kappa shape index (κ3) is 3.19. The lowest BCUT2D eigenvalue weighted by Crippen LogP contribution is -2.51. The Balaban J connectivity index is 2.28. The Hall–Kier alpha value is -0.840. The van der Waals surface area contributed by atoms with Gasteiger partial charge >= 0.3 is 0 Å². The number of carbonyl (C=O) groups excluding carboxylic acids is 1. The maximum absolute atomic E-state index is 12.6. The van der Waals surface area contributed by atoms with Crippen LogP contribution in [0.4, 0.5) is 0 Å². The molecule has 0 N–H and O–H groups in total. The molecule has 2 heterocycles. The van der Waals surface area contributed by atoms with Crippen LogP contribution in [0.2, 0.25) is 10.2 Å². The topological polar surface area (TPSA) is 42.4 Å². The minimum atomic E-state index is -0.186. The molecule has 2 unspecified atom stereocenters. The van der Waals surface area contributed by atoms with E-state index in [1.165, 1.54) is 0 Å². The fourth-order valence-electron chi connectivity index (χ4n) is 2.14. The molecule has 0 bridgehead atoms. The quantitative estimate of drug-likeness (QED) is 0.789. The molecule has 2 atom stereocenters. The fourth-order valence-corrected chi connectivity index (χ4v) is 2.47. The summed E-state index contributed by atoms with van der Waals surface area (Å²) in [6.45, 7) is 5.06. The van der Waals surface area contributed by atoms with Gasteiger partial charge in [0.25, 0.3) is 5.91 Å². The van der Waals surface area contributed by atoms with Crippen molar-refractivity contribution in [2.75, 3.05) is 13.2 Å². The van der Waals surface area contributed by atoms with Gasteiger partial charge in [0.15, 0.2) is 0 Å². The van der Waals surface area contributed by atoms with Crippen molar-refractivity contribution in [3.05, 3.63) is 28.0 Å². The summed E-state index contributed by atoms with van der Waals surface area (Å²) < 4.78 is 5.58. The fraction of sp³-hybridized carbons (Fsp3) is 0.538. The number of rotatable bonds is 2. The highest BCUT2D eigenvalue weighted by Gasteiger charge is 2.31. The highest BCUT2D eigenvalue weighted by Crippen LogP contribution is 2.22. The maximum atomic E-state index is 12.6. The molecule has 4 nitrogen and oxygen atoms in total. The monoisotopic (exact) mass is 302 g/mol. The van der Waals surface area contributed by atoms with Gasteiger partial charge in [0.2, 0.25) is 0 Å². The van der Waals surface area contributed by atoms with Crippen molar-refractivity contribution in [2.45, 2.75) is 32.4 Å². The first-order valence-corrected chi connectivity index (χ1v) is 7.03. The molecule has 1 aliphatic rings. The summed E-state index contributed by atoms with van der Waals surface area (Å²) in [5.41, 5.74) is 0.210. The van der Waals surface area contributed by atoms with E-state index < -0.39 is 0 Å². The summed E-state index contributed by atoms with van der Waals surface area (Å²) in [6.07, 6.45) is 0.848. The molecule has 0 radical (unpaired) electrons. The lowest BCUT2D eigenvalue weighted by atomic mass is 10.1. The Morgan fingerprint density at radius 3 is 2.95 bits per heavy atom. The molecule has 1 saturated heterocycles. The summed E-state index contributed by atoms with van der Waals surface area (Å²) in [5.74, 6) is -0.186. The Morgan fingerprint density at radius 1 is 1.53 bits per heavy atom. The van der Waals surface area contributed by atoms with Crippen LogP contribution >= 0.6 is 23.2 Å². The molecule has 2 rings (SSSR count). The summed E-state index contributed by atoms with van der Waals surface area (Å²) in [4.78, 5) is 18.4. The van der Waals surface area contributed by atoms with Gasteiger partial charge < -0.3 is 9.64 Å². The summed E-state index contributed by atoms with van der Waals surface area (Å²) in [6, 6.07) is 3.22. The van der Waals surface area contributed by atoms with Crippen LogP contribution in [0.5, 0.6) is 0 Å². The van der Waals surface area contributed by atoms with Crippen LogP contribution in [0.1, 0.15) is 30.8 Å². The molecule has 0 aromatic carbocycles. The van der Waals surface area contributed by atoms with Crippen LogP contribution in [0.15, 0.2) is 12.1 Å². The van der Waals surface area contributed by atoms with Gasteiger partial charge in [-0.05, 0) is 25.5 Å². The highest BCUT2D eigenvalue weighted by molar-refractivity contribution is 6.34. The number of amides is 1. The third-order valence-electron chi connectivity index (χ3n) is 3.21. The van der Waals surface area contributed by atoms with Gasteiger partial charge in [-0.15, -0.1) is 0 Å². The highest BCUT2D eigenvalue weighted by atomic mass is 35.5. The Kier molecular flexibility index (Phi) is 4.66. The number of hydrogen-bond acceptors (Lipinski definition) is 3. The molecule has 1 fully saturated rings. The van der Waals surface area contributed by atoms with E-state index in [1.807, 2.05) is 13.8 Å². The lowest BCUT2D eigenvalue weighted by Gasteiger charge is -2.38. The molecule has 1 aromatic heterocycles. The molecule has 104 valence electrons. The summed E-state index contributed by atoms with van der Waals surface area (Å²) in [5, 5.41) is 0.588. The van der Waals surface area contributed by atoms with Crippen molar-refractivity contribution in [2.24, 2.45) is 0 Å². The van der Waals surface area contributed by atoms with Gasteiger partial charge in [0, 0.05) is 6.54 Å². The number of hydrogen-bond donors (Lipinski definition) is 0. The molecule has 1 aromatic rings. The van der Waals surface area contributed by atoms with E-state index in [9.17, 15) is 4.79 Å². The van der Waals surface area contributed by atoms with Gasteiger partial charge in [-0.2, -0.15) is 0 Å². The number of nitrogens with zero attached hydrogens (tertiary/aromatic N) is 2. The molecule has 1 aliphatic heterocycles. The second-order valence-electron chi connectivity index (χ2n) is 4.63. The molecule has 0 aliphatic carbocycles. The van der Waals surface area contributed by atoms with Crippen molar-refractivity contribution >= 4 is 29.1 Å². The molecule has 19 heavy (non-hydrogen) atoms. The average molecular weight is 303 g/mol. The number of carbonyl (C=O) groups is 1. The smallest absolute Gasteiger partial charge is 0.274 e. The Morgan fingerprint density at radius 2 is 2.26 bits per heavy atom. The first-order chi connectivity index (χ1) is 9.02. The van der Waals surface area contributed by atoms with E-state index in [1.54, 1.807) is 17.0 Å². The maximum Gasteiger partial charge on any atom is 0.274 e. The zero-order valence-corrected chi connectivity index (χ0v) is 12.4. The van der Waals surface area contributed by atoms with E-state index in [0.717, 1.165) is 6.42 Å². The first kappa shape index (κ1) is 14.6. The van der Waals surface area contributed by atoms with Crippen molar-refractivity contribution in [3.63, 3.8) is 0 Å². The number of ether oxygens (including phenoxy) is 1. The lowest BCUT2D eigenvalue weighted by molar-refractivity contribution is -0.0445. The number of halogens is 2. The van der Waals surface area contributed by atoms with Crippen molar-refractivity contribution in [1.82, 2.24) is 9.88 Å². The molecule has 6 heteroatoms. The third-order valence-corrected chi connectivity index (χ3v) is 3.73. The molecular formula is C13H16Cl2N2O2. The van der Waals surface area contributed by atoms with Crippen molar-refractivity contribution in [1.29, 1.82) is 0 Å². The second kappa shape index (κ2) is 6.07. The van der Waals surface area contributed by atoms with Crippen molar-refractivity contribution < 1.29 is 9.53 Å². The van der Waals surface area contributed by atoms with Gasteiger partial charge in [0.05, 0.1) is 23.8 Å². The zero-order valence-electron chi connectivity index (χ0n) is 10.9. The first-order valence-electron chi connectivity index (χ1n) is 6.27. The minimum absolute atomic E-state index is 0.0182. The predicted octanol–water partition coefficient (Wildman–Crippen LogP) is 3.03. The minimum Gasteiger partial charge on any atom is -0.375 e. The van der Waals surface area contributed by atoms with E-state index in [4.69, 9.17) is 27.9 Å². The second-order valence-corrected chi connectivity index (χ2v) is 5.42. The van der Waals surface area contributed by atoms with Gasteiger partial charge in [-0.25, -0.2) is 4.98 Å². The molecule has 1 amide bonds. The number of morpholine rings is 1. The van der Waals surface area contributed by atoms with Crippen LogP contribution in [0.25, 0.3) is 0 Å². The van der Waals surface area contributed by atoms with E-state index in [0.29, 0.717) is 18.2 Å². The predicted molar refractivity (Wildman–Crippen MR) is 74.8 cm³/mol. The molecule has 0 saturated carbocycles. The van der Waals surface area contributed by atoms with E-state index >= 15 is 0 Å². The van der Waals surface area contributed by atoms with Crippen molar-refractivity contribution in [3.8, 4) is 0 Å². The standard InChI is InChI=1S/C13H16Cl2N2O2/c1-3-9-7-19-8(2)6-17(9)13(18)12-10(14)4-5-11(15)16-12/h4-5,8-9H,3,6-7H2,1-2H3. The molecule has 0 spiro atoms. The van der Waals surface area contributed by atoms with E-state index in [2.05, 4.69) is 4.98 Å². The molecular weight excluding hydrogens is 287 g/mol. The number of aromatic nitrogens is 1. The Bertz CT molecular complexity index is 482. The van der Waals surface area contributed by atoms with Gasteiger partial charge in [-0.3, -0.25) is 4.79 Å².